The molecule has 1 amide bonds. The van der Waals surface area contributed by atoms with Gasteiger partial charge in [-0.15, -0.1) is 0 Å². The van der Waals surface area contributed by atoms with E-state index in [0.717, 1.165) is 5.70 Å². The van der Waals surface area contributed by atoms with Crippen LogP contribution in [0.2, 0.25) is 0 Å². The molecule has 114 valence electrons. The Morgan fingerprint density at radius 3 is 1.90 bits per heavy atom. The molecule has 0 spiro atoms. The van der Waals surface area contributed by atoms with Gasteiger partial charge in [0, 0.05) is 23.6 Å². The molecule has 0 aliphatic heterocycles. The number of halogens is 4. The second kappa shape index (κ2) is 7.89. The third-order valence-electron chi connectivity index (χ3n) is 2.71. The van der Waals surface area contributed by atoms with Gasteiger partial charge in [0.2, 0.25) is 0 Å². The number of hydrogen-bond acceptors (Lipinski definition) is 2. The van der Waals surface area contributed by atoms with Crippen molar-refractivity contribution in [3.05, 3.63) is 40.8 Å². The topological polar surface area (TPSA) is 66.4 Å². The summed E-state index contributed by atoms with van der Waals surface area (Å²) in [7, 11) is 0. The summed E-state index contributed by atoms with van der Waals surface area (Å²) in [6, 6.07) is 0. The molecular weight excluding hydrogens is 538 g/mol. The van der Waals surface area contributed by atoms with Crippen molar-refractivity contribution < 1.29 is 14.7 Å². The summed E-state index contributed by atoms with van der Waals surface area (Å²) in [5, 5.41) is 12.1. The van der Waals surface area contributed by atoms with Crippen LogP contribution in [0.25, 0.3) is 0 Å². The Kier molecular flexibility index (Phi) is 7.09. The van der Waals surface area contributed by atoms with Gasteiger partial charge in [-0.1, -0.05) is 13.0 Å². The molecule has 0 bridgehead atoms. The first-order valence-electron chi connectivity index (χ1n) is 5.81. The molecule has 0 atom stereocenters. The van der Waals surface area contributed by atoms with Crippen molar-refractivity contribution in [3.63, 3.8) is 0 Å². The molecule has 0 heterocycles. The lowest BCUT2D eigenvalue weighted by Crippen LogP contribution is -2.25. The third-order valence-corrected chi connectivity index (χ3v) is 7.48. The SMILES string of the molecule is CC=C(CC)NC(=O)c1c(Br)c(Br)c(Br)c(Br)c1C(=O)O. The number of carbonyl (C=O) groups excluding carboxylic acids is 1. The quantitative estimate of drug-likeness (QED) is 0.387. The Balaban J connectivity index is 3.55. The minimum Gasteiger partial charge on any atom is -0.478 e. The van der Waals surface area contributed by atoms with E-state index in [-0.39, 0.29) is 11.1 Å². The van der Waals surface area contributed by atoms with Crippen LogP contribution in [0.4, 0.5) is 0 Å². The number of carboxylic acids is 1. The van der Waals surface area contributed by atoms with E-state index in [0.29, 0.717) is 24.3 Å². The molecule has 0 aliphatic rings. The molecule has 0 saturated heterocycles. The molecule has 0 fully saturated rings. The number of amides is 1. The van der Waals surface area contributed by atoms with Gasteiger partial charge in [-0.2, -0.15) is 0 Å². The summed E-state index contributed by atoms with van der Waals surface area (Å²) in [4.78, 5) is 23.9. The molecule has 0 unspecified atom stereocenters. The van der Waals surface area contributed by atoms with Gasteiger partial charge < -0.3 is 10.4 Å². The fourth-order valence-electron chi connectivity index (χ4n) is 1.62. The van der Waals surface area contributed by atoms with E-state index in [1.165, 1.54) is 0 Å². The second-order valence-corrected chi connectivity index (χ2v) is 7.10. The van der Waals surface area contributed by atoms with E-state index in [1.54, 1.807) is 13.0 Å². The first-order chi connectivity index (χ1) is 9.76. The number of aromatic carboxylic acids is 1. The highest BCUT2D eigenvalue weighted by Crippen LogP contribution is 2.42. The Bertz CT molecular complexity index is 641. The standard InChI is InChI=1S/C13H11Br4NO3/c1-3-5(4-2)18-12(19)6-7(13(20)21)9(15)11(17)10(16)8(6)14/h3H,4H2,1-2H3,(H,18,19)(H,20,21). The predicted octanol–water partition coefficient (Wildman–Crippen LogP) is 5.48. The smallest absolute Gasteiger partial charge is 0.337 e. The minimum atomic E-state index is -1.19. The van der Waals surface area contributed by atoms with Gasteiger partial charge in [0.15, 0.2) is 0 Å². The zero-order valence-electron chi connectivity index (χ0n) is 11.1. The van der Waals surface area contributed by atoms with Crippen LogP contribution < -0.4 is 5.32 Å². The van der Waals surface area contributed by atoms with Crippen LogP contribution in [0.15, 0.2) is 29.7 Å². The lowest BCUT2D eigenvalue weighted by atomic mass is 10.1. The predicted molar refractivity (Wildman–Crippen MR) is 95.7 cm³/mol. The number of carboxylic acid groups (broad SMARTS) is 1. The van der Waals surface area contributed by atoms with Crippen molar-refractivity contribution >= 4 is 75.6 Å². The zero-order valence-corrected chi connectivity index (χ0v) is 17.4. The Hall–Kier alpha value is -0.180. The number of rotatable bonds is 4. The zero-order chi connectivity index (χ0) is 16.3. The van der Waals surface area contributed by atoms with Crippen molar-refractivity contribution in [2.75, 3.05) is 0 Å². The minimum absolute atomic E-state index is 0.0530. The average molecular weight is 549 g/mol. The number of benzene rings is 1. The molecular formula is C13H11Br4NO3. The fourth-order valence-corrected chi connectivity index (χ4v) is 4.09. The lowest BCUT2D eigenvalue weighted by molar-refractivity contribution is 0.0690. The number of allylic oxidation sites excluding steroid dienone is 2. The van der Waals surface area contributed by atoms with Gasteiger partial charge in [-0.3, -0.25) is 4.79 Å². The molecule has 21 heavy (non-hydrogen) atoms. The molecule has 1 aromatic carbocycles. The normalized spacial score (nSPS) is 11.4. The summed E-state index contributed by atoms with van der Waals surface area (Å²) in [6.45, 7) is 3.70. The first-order valence-corrected chi connectivity index (χ1v) is 8.99. The van der Waals surface area contributed by atoms with Gasteiger partial charge in [-0.25, -0.2) is 4.79 Å². The van der Waals surface area contributed by atoms with Crippen LogP contribution in [0.5, 0.6) is 0 Å². The van der Waals surface area contributed by atoms with Crippen LogP contribution in [0.3, 0.4) is 0 Å². The first kappa shape index (κ1) is 18.9. The molecule has 2 N–H and O–H groups in total. The molecule has 0 aromatic heterocycles. The number of carbonyl (C=O) groups is 2. The van der Waals surface area contributed by atoms with E-state index < -0.39 is 11.9 Å². The van der Waals surface area contributed by atoms with Crippen molar-refractivity contribution in [1.82, 2.24) is 5.32 Å². The number of nitrogens with one attached hydrogen (secondary N) is 1. The molecule has 1 rings (SSSR count). The highest BCUT2D eigenvalue weighted by atomic mass is 79.9. The maximum atomic E-state index is 12.4. The van der Waals surface area contributed by atoms with E-state index >= 15 is 0 Å². The average Bonchev–Trinajstić information content (AvgIpc) is 2.45. The van der Waals surface area contributed by atoms with E-state index in [2.05, 4.69) is 69.0 Å². The van der Waals surface area contributed by atoms with Gasteiger partial charge >= 0.3 is 5.97 Å². The number of hydrogen-bond donors (Lipinski definition) is 2. The highest BCUT2D eigenvalue weighted by molar-refractivity contribution is 9.15. The lowest BCUT2D eigenvalue weighted by Gasteiger charge is -2.15. The van der Waals surface area contributed by atoms with Gasteiger partial charge in [-0.05, 0) is 77.1 Å². The van der Waals surface area contributed by atoms with Gasteiger partial charge in [0.1, 0.15) is 0 Å². The van der Waals surface area contributed by atoms with Crippen molar-refractivity contribution in [2.45, 2.75) is 20.3 Å². The fraction of sp³-hybridized carbons (Fsp3) is 0.231. The molecule has 1 aromatic rings. The summed E-state index contributed by atoms with van der Waals surface area (Å²) in [5.41, 5.74) is 0.664. The molecule has 4 nitrogen and oxygen atoms in total. The Labute approximate surface area is 155 Å². The summed E-state index contributed by atoms with van der Waals surface area (Å²) in [6.07, 6.45) is 2.41. The summed E-state index contributed by atoms with van der Waals surface area (Å²) >= 11 is 13.1. The summed E-state index contributed by atoms with van der Waals surface area (Å²) in [5.74, 6) is -1.68. The maximum Gasteiger partial charge on any atom is 0.337 e. The van der Waals surface area contributed by atoms with Crippen LogP contribution in [-0.2, 0) is 0 Å². The van der Waals surface area contributed by atoms with Crippen molar-refractivity contribution in [3.8, 4) is 0 Å². The van der Waals surface area contributed by atoms with Crippen LogP contribution in [0, 0.1) is 0 Å². The van der Waals surface area contributed by atoms with Gasteiger partial charge in [0.05, 0.1) is 11.1 Å². The van der Waals surface area contributed by atoms with Crippen molar-refractivity contribution in [1.29, 1.82) is 0 Å². The van der Waals surface area contributed by atoms with Crippen LogP contribution >= 0.6 is 63.7 Å². The van der Waals surface area contributed by atoms with Gasteiger partial charge in [0.25, 0.3) is 5.91 Å². The highest BCUT2D eigenvalue weighted by Gasteiger charge is 2.27. The molecule has 0 radical (unpaired) electrons. The van der Waals surface area contributed by atoms with E-state index in [4.69, 9.17) is 0 Å². The Morgan fingerprint density at radius 2 is 1.52 bits per heavy atom. The molecule has 0 saturated carbocycles. The monoisotopic (exact) mass is 545 g/mol. The van der Waals surface area contributed by atoms with Crippen molar-refractivity contribution in [2.24, 2.45) is 0 Å². The van der Waals surface area contributed by atoms with Crippen LogP contribution in [-0.4, -0.2) is 17.0 Å². The second-order valence-electron chi connectivity index (χ2n) is 3.93. The van der Waals surface area contributed by atoms with E-state index in [9.17, 15) is 14.7 Å². The molecule has 0 aliphatic carbocycles. The molecule has 8 heteroatoms. The largest absolute Gasteiger partial charge is 0.478 e. The third kappa shape index (κ3) is 3.97. The van der Waals surface area contributed by atoms with Crippen LogP contribution in [0.1, 0.15) is 41.0 Å². The Morgan fingerprint density at radius 1 is 1.05 bits per heavy atom. The summed E-state index contributed by atoms with van der Waals surface area (Å²) < 4.78 is 1.75. The van der Waals surface area contributed by atoms with E-state index in [1.807, 2.05) is 6.92 Å². The maximum absolute atomic E-state index is 12.4.